The molecule has 1 heterocycles. The van der Waals surface area contributed by atoms with Gasteiger partial charge < -0.3 is 20.4 Å². The topological polar surface area (TPSA) is 89.9 Å². The summed E-state index contributed by atoms with van der Waals surface area (Å²) in [5, 5.41) is 21.0. The molecule has 1 aliphatic rings. The van der Waals surface area contributed by atoms with Crippen LogP contribution in [0.3, 0.4) is 0 Å². The van der Waals surface area contributed by atoms with E-state index in [2.05, 4.69) is 5.32 Å². The van der Waals surface area contributed by atoms with Crippen LogP contribution in [-0.2, 0) is 11.3 Å². The molecule has 20 heavy (non-hydrogen) atoms. The van der Waals surface area contributed by atoms with E-state index in [9.17, 15) is 19.1 Å². The van der Waals surface area contributed by atoms with Crippen molar-refractivity contribution in [1.82, 2.24) is 10.2 Å². The van der Waals surface area contributed by atoms with E-state index >= 15 is 0 Å². The number of nitrogens with zero attached hydrogens (tertiary/aromatic N) is 1. The summed E-state index contributed by atoms with van der Waals surface area (Å²) in [6.07, 6.45) is -0.820. The van der Waals surface area contributed by atoms with Gasteiger partial charge in [-0.2, -0.15) is 0 Å². The molecule has 0 aromatic heterocycles. The Morgan fingerprint density at radius 3 is 2.85 bits per heavy atom. The van der Waals surface area contributed by atoms with Crippen molar-refractivity contribution < 1.29 is 24.2 Å². The first-order valence-electron chi connectivity index (χ1n) is 6.17. The number of amides is 2. The third kappa shape index (κ3) is 3.24. The van der Waals surface area contributed by atoms with Crippen molar-refractivity contribution in [3.63, 3.8) is 0 Å². The molecular formula is C13H15FN2O4. The number of carbonyl (C=O) groups excluding carboxylic acids is 1. The lowest BCUT2D eigenvalue weighted by atomic mass is 10.2. The van der Waals surface area contributed by atoms with Crippen LogP contribution in [0.25, 0.3) is 0 Å². The minimum absolute atomic E-state index is 0.0166. The number of carboxylic acid groups (broad SMARTS) is 1. The van der Waals surface area contributed by atoms with Gasteiger partial charge in [-0.05, 0) is 17.7 Å². The third-order valence-corrected chi connectivity index (χ3v) is 3.16. The maximum Gasteiger partial charge on any atom is 0.326 e. The molecule has 1 aliphatic heterocycles. The molecule has 1 saturated heterocycles. The standard InChI is InChI=1S/C13H15FN2O4/c14-9-3-1-2-8(4-9)6-15-13(20)16-7-10(17)5-11(16)12(18)19/h1-4,10-11,17H,5-7H2,(H,15,20)(H,18,19)/t10-,11-/m1/s1. The number of benzene rings is 1. The lowest BCUT2D eigenvalue weighted by Crippen LogP contribution is -2.45. The second-order valence-electron chi connectivity index (χ2n) is 4.68. The minimum atomic E-state index is -1.15. The van der Waals surface area contributed by atoms with Crippen LogP contribution in [0.1, 0.15) is 12.0 Å². The summed E-state index contributed by atoms with van der Waals surface area (Å²) in [5.74, 6) is -1.56. The van der Waals surface area contributed by atoms with E-state index < -0.39 is 30.0 Å². The molecule has 2 amide bonds. The Kier molecular flexibility index (Phi) is 4.19. The van der Waals surface area contributed by atoms with Crippen molar-refractivity contribution in [3.05, 3.63) is 35.6 Å². The number of β-amino-alcohol motifs (C(OH)–C–C–N with tert-alkyl or cyclic N) is 1. The second kappa shape index (κ2) is 5.87. The molecule has 0 saturated carbocycles. The number of rotatable bonds is 3. The molecule has 108 valence electrons. The quantitative estimate of drug-likeness (QED) is 0.755. The van der Waals surface area contributed by atoms with E-state index in [0.717, 1.165) is 4.90 Å². The second-order valence-corrected chi connectivity index (χ2v) is 4.68. The summed E-state index contributed by atoms with van der Waals surface area (Å²) < 4.78 is 13.0. The van der Waals surface area contributed by atoms with Crippen LogP contribution in [0.5, 0.6) is 0 Å². The highest BCUT2D eigenvalue weighted by molar-refractivity contribution is 5.83. The van der Waals surface area contributed by atoms with Crippen LogP contribution in [0.4, 0.5) is 9.18 Å². The maximum atomic E-state index is 13.0. The van der Waals surface area contributed by atoms with Crippen molar-refractivity contribution >= 4 is 12.0 Å². The molecule has 0 spiro atoms. The largest absolute Gasteiger partial charge is 0.480 e. The monoisotopic (exact) mass is 282 g/mol. The van der Waals surface area contributed by atoms with Gasteiger partial charge in [0, 0.05) is 19.5 Å². The molecule has 1 fully saturated rings. The van der Waals surface area contributed by atoms with Gasteiger partial charge in [-0.3, -0.25) is 0 Å². The number of urea groups is 1. The maximum absolute atomic E-state index is 13.0. The van der Waals surface area contributed by atoms with Gasteiger partial charge in [0.25, 0.3) is 0 Å². The fraction of sp³-hybridized carbons (Fsp3) is 0.385. The zero-order valence-electron chi connectivity index (χ0n) is 10.6. The molecule has 3 N–H and O–H groups in total. The van der Waals surface area contributed by atoms with E-state index in [1.807, 2.05) is 0 Å². The van der Waals surface area contributed by atoms with Crippen molar-refractivity contribution in [2.45, 2.75) is 25.1 Å². The van der Waals surface area contributed by atoms with Crippen LogP contribution in [-0.4, -0.2) is 45.8 Å². The molecule has 2 rings (SSSR count). The number of nitrogens with one attached hydrogen (secondary N) is 1. The third-order valence-electron chi connectivity index (χ3n) is 3.16. The van der Waals surface area contributed by atoms with Crippen molar-refractivity contribution in [2.24, 2.45) is 0 Å². The fourth-order valence-corrected chi connectivity index (χ4v) is 2.20. The van der Waals surface area contributed by atoms with Gasteiger partial charge >= 0.3 is 12.0 Å². The van der Waals surface area contributed by atoms with Crippen molar-refractivity contribution in [2.75, 3.05) is 6.54 Å². The average Bonchev–Trinajstić information content (AvgIpc) is 2.78. The van der Waals surface area contributed by atoms with Crippen LogP contribution < -0.4 is 5.32 Å². The van der Waals surface area contributed by atoms with E-state index in [1.165, 1.54) is 18.2 Å². The van der Waals surface area contributed by atoms with Gasteiger partial charge in [-0.15, -0.1) is 0 Å². The highest BCUT2D eigenvalue weighted by atomic mass is 19.1. The smallest absolute Gasteiger partial charge is 0.326 e. The summed E-state index contributed by atoms with van der Waals surface area (Å²) in [5.41, 5.74) is 0.574. The number of halogens is 1. The number of aliphatic carboxylic acids is 1. The molecule has 0 bridgehead atoms. The Morgan fingerprint density at radius 2 is 2.20 bits per heavy atom. The summed E-state index contributed by atoms with van der Waals surface area (Å²) in [7, 11) is 0. The average molecular weight is 282 g/mol. The highest BCUT2D eigenvalue weighted by Gasteiger charge is 2.38. The molecule has 0 unspecified atom stereocenters. The van der Waals surface area contributed by atoms with Gasteiger partial charge in [0.2, 0.25) is 0 Å². The van der Waals surface area contributed by atoms with Crippen molar-refractivity contribution in [1.29, 1.82) is 0 Å². The van der Waals surface area contributed by atoms with E-state index in [-0.39, 0.29) is 19.5 Å². The first-order chi connectivity index (χ1) is 9.47. The lowest BCUT2D eigenvalue weighted by molar-refractivity contribution is -0.141. The predicted molar refractivity (Wildman–Crippen MR) is 67.4 cm³/mol. The fourth-order valence-electron chi connectivity index (χ4n) is 2.20. The Bertz CT molecular complexity index is 523. The Balaban J connectivity index is 1.96. The lowest BCUT2D eigenvalue weighted by Gasteiger charge is -2.21. The summed E-state index contributed by atoms with van der Waals surface area (Å²) in [6.45, 7) is 0.0709. The number of carbonyl (C=O) groups is 2. The van der Waals surface area contributed by atoms with E-state index in [1.54, 1.807) is 6.07 Å². The van der Waals surface area contributed by atoms with Gasteiger partial charge in [-0.1, -0.05) is 12.1 Å². The van der Waals surface area contributed by atoms with Crippen LogP contribution in [0.2, 0.25) is 0 Å². The number of hydrogen-bond acceptors (Lipinski definition) is 3. The Labute approximate surface area is 114 Å². The summed E-state index contributed by atoms with van der Waals surface area (Å²) in [4.78, 5) is 24.0. The SMILES string of the molecule is O=C(O)[C@H]1C[C@@H](O)CN1C(=O)NCc1cccc(F)c1. The summed E-state index contributed by atoms with van der Waals surface area (Å²) >= 11 is 0. The number of hydrogen-bond donors (Lipinski definition) is 3. The van der Waals surface area contributed by atoms with Crippen LogP contribution in [0, 0.1) is 5.82 Å². The zero-order valence-corrected chi connectivity index (χ0v) is 10.6. The molecule has 2 atom stereocenters. The molecule has 7 heteroatoms. The predicted octanol–water partition coefficient (Wildman–Crippen LogP) is 0.555. The van der Waals surface area contributed by atoms with Gasteiger partial charge in [0.1, 0.15) is 11.9 Å². The number of aliphatic hydroxyl groups is 1. The Morgan fingerprint density at radius 1 is 1.45 bits per heavy atom. The molecule has 1 aromatic carbocycles. The van der Waals surface area contributed by atoms with Gasteiger partial charge in [-0.25, -0.2) is 14.0 Å². The normalized spacial score (nSPS) is 21.8. The zero-order chi connectivity index (χ0) is 14.7. The van der Waals surface area contributed by atoms with Gasteiger partial charge in [0.15, 0.2) is 0 Å². The first kappa shape index (κ1) is 14.3. The van der Waals surface area contributed by atoms with E-state index in [0.29, 0.717) is 5.56 Å². The van der Waals surface area contributed by atoms with E-state index in [4.69, 9.17) is 5.11 Å². The highest BCUT2D eigenvalue weighted by Crippen LogP contribution is 2.18. The van der Waals surface area contributed by atoms with Crippen molar-refractivity contribution in [3.8, 4) is 0 Å². The number of likely N-dealkylation sites (tertiary alicyclic amines) is 1. The Hall–Kier alpha value is -2.15. The molecule has 1 aromatic rings. The summed E-state index contributed by atoms with van der Waals surface area (Å²) in [6, 6.07) is 4.14. The number of aliphatic hydroxyl groups excluding tert-OH is 1. The van der Waals surface area contributed by atoms with Gasteiger partial charge in [0.05, 0.1) is 6.10 Å². The number of carboxylic acids is 1. The van der Waals surface area contributed by atoms with Crippen LogP contribution >= 0.6 is 0 Å². The first-order valence-corrected chi connectivity index (χ1v) is 6.17. The molecule has 0 radical (unpaired) electrons. The molecule has 0 aliphatic carbocycles. The molecular weight excluding hydrogens is 267 g/mol. The van der Waals surface area contributed by atoms with Crippen LogP contribution in [0.15, 0.2) is 24.3 Å². The minimum Gasteiger partial charge on any atom is -0.480 e. The molecule has 6 nitrogen and oxygen atoms in total.